The van der Waals surface area contributed by atoms with Gasteiger partial charge in [0.2, 0.25) is 0 Å². The van der Waals surface area contributed by atoms with Crippen LogP contribution >= 0.6 is 24.0 Å². The monoisotopic (exact) mass is 443 g/mol. The van der Waals surface area contributed by atoms with Crippen molar-refractivity contribution in [1.82, 2.24) is 4.90 Å². The van der Waals surface area contributed by atoms with Crippen molar-refractivity contribution in [3.05, 3.63) is 70.6 Å². The predicted molar refractivity (Wildman–Crippen MR) is 116 cm³/mol. The molecule has 1 fully saturated rings. The topological polar surface area (TPSA) is 104 Å². The Labute approximate surface area is 182 Å². The van der Waals surface area contributed by atoms with Crippen molar-refractivity contribution in [1.29, 1.82) is 0 Å². The molecule has 2 N–H and O–H groups in total. The van der Waals surface area contributed by atoms with Gasteiger partial charge in [0.25, 0.3) is 5.91 Å². The number of hydrogen-bond donors (Lipinski definition) is 2. The van der Waals surface area contributed by atoms with Gasteiger partial charge in [0.15, 0.2) is 12.1 Å². The molecule has 1 amide bonds. The molecule has 0 spiro atoms. The predicted octanol–water partition coefficient (Wildman–Crippen LogP) is 3.57. The van der Waals surface area contributed by atoms with E-state index in [0.29, 0.717) is 16.9 Å². The van der Waals surface area contributed by atoms with Gasteiger partial charge in [0.1, 0.15) is 10.1 Å². The lowest BCUT2D eigenvalue weighted by Gasteiger charge is -2.23. The summed E-state index contributed by atoms with van der Waals surface area (Å²) in [6.45, 7) is 1.41. The maximum atomic E-state index is 13.0. The fraction of sp³-hybridized carbons (Fsp3) is 0.143. The number of thioether (sulfide) groups is 1. The van der Waals surface area contributed by atoms with E-state index >= 15 is 0 Å². The van der Waals surface area contributed by atoms with Crippen LogP contribution in [0.4, 0.5) is 0 Å². The summed E-state index contributed by atoms with van der Waals surface area (Å²) < 4.78 is 5.49. The Kier molecular flexibility index (Phi) is 6.53. The molecule has 2 aromatic rings. The summed E-state index contributed by atoms with van der Waals surface area (Å²) in [5.74, 6) is -2.45. The lowest BCUT2D eigenvalue weighted by Crippen LogP contribution is -2.37. The average Bonchev–Trinajstić information content (AvgIpc) is 2.97. The van der Waals surface area contributed by atoms with Gasteiger partial charge in [-0.25, -0.2) is 9.59 Å². The van der Waals surface area contributed by atoms with Gasteiger partial charge in [-0.1, -0.05) is 66.4 Å². The molecule has 1 heterocycles. The first-order valence-electron chi connectivity index (χ1n) is 8.82. The number of rotatable bonds is 7. The molecule has 1 aliphatic heterocycles. The Morgan fingerprint density at radius 2 is 1.80 bits per heavy atom. The quantitative estimate of drug-likeness (QED) is 0.494. The molecule has 0 aliphatic carbocycles. The highest BCUT2D eigenvalue weighted by Gasteiger charge is 2.41. The molecule has 7 nitrogen and oxygen atoms in total. The van der Waals surface area contributed by atoms with E-state index in [4.69, 9.17) is 22.1 Å². The Morgan fingerprint density at radius 1 is 1.10 bits per heavy atom. The summed E-state index contributed by atoms with van der Waals surface area (Å²) in [4.78, 5) is 37.2. The fourth-order valence-corrected chi connectivity index (χ4v) is 4.14. The van der Waals surface area contributed by atoms with Crippen molar-refractivity contribution >= 4 is 52.2 Å². The maximum Gasteiger partial charge on any atom is 0.344 e. The van der Waals surface area contributed by atoms with Gasteiger partial charge in [0, 0.05) is 0 Å². The molecule has 1 saturated heterocycles. The third kappa shape index (κ3) is 4.69. The summed E-state index contributed by atoms with van der Waals surface area (Å²) in [5.41, 5.74) is 1.04. The van der Waals surface area contributed by atoms with E-state index in [2.05, 4.69) is 0 Å². The molecule has 2 aromatic carbocycles. The third-order valence-electron chi connectivity index (χ3n) is 4.25. The van der Waals surface area contributed by atoms with Gasteiger partial charge in [-0.15, -0.1) is 0 Å². The lowest BCUT2D eigenvalue weighted by molar-refractivity contribution is -0.145. The molecule has 0 aromatic heterocycles. The second kappa shape index (κ2) is 9.10. The van der Waals surface area contributed by atoms with Crippen molar-refractivity contribution in [2.24, 2.45) is 0 Å². The van der Waals surface area contributed by atoms with Crippen LogP contribution in [0.5, 0.6) is 5.75 Å². The SMILES string of the molecule is CC(Oc1cccc(/C=C2\SC(=S)N(C(C(=O)O)c3ccccc3)C2=O)c1)C(=O)O. The fourth-order valence-electron chi connectivity index (χ4n) is 2.82. The molecule has 1 aliphatic rings. The standard InChI is InChI=1S/C21H17NO6S2/c1-12(19(24)25)28-15-9-5-6-13(10-15)11-16-18(23)22(21(29)30-16)17(20(26)27)14-7-3-2-4-8-14/h2-12,17H,1H3,(H,24,25)(H,26,27)/b16-11-. The number of benzene rings is 2. The lowest BCUT2D eigenvalue weighted by atomic mass is 10.1. The van der Waals surface area contributed by atoms with Crippen LogP contribution in [0.2, 0.25) is 0 Å². The van der Waals surface area contributed by atoms with Crippen LogP contribution in [0, 0.1) is 0 Å². The largest absolute Gasteiger partial charge is 0.479 e. The molecule has 0 radical (unpaired) electrons. The third-order valence-corrected chi connectivity index (χ3v) is 5.58. The minimum Gasteiger partial charge on any atom is -0.479 e. The minimum absolute atomic E-state index is 0.148. The van der Waals surface area contributed by atoms with E-state index in [9.17, 15) is 19.5 Å². The van der Waals surface area contributed by atoms with Gasteiger partial charge >= 0.3 is 11.9 Å². The molecule has 2 unspecified atom stereocenters. The second-order valence-electron chi connectivity index (χ2n) is 6.37. The maximum absolute atomic E-state index is 13.0. The number of ether oxygens (including phenoxy) is 1. The van der Waals surface area contributed by atoms with Crippen LogP contribution in [0.25, 0.3) is 6.08 Å². The van der Waals surface area contributed by atoms with E-state index in [1.165, 1.54) is 6.92 Å². The van der Waals surface area contributed by atoms with Crippen LogP contribution in [0.3, 0.4) is 0 Å². The minimum atomic E-state index is -1.23. The highest BCUT2D eigenvalue weighted by atomic mass is 32.2. The summed E-state index contributed by atoms with van der Waals surface area (Å²) in [6, 6.07) is 13.8. The highest BCUT2D eigenvalue weighted by molar-refractivity contribution is 8.26. The Hall–Kier alpha value is -3.17. The first-order chi connectivity index (χ1) is 14.3. The van der Waals surface area contributed by atoms with E-state index in [1.54, 1.807) is 60.7 Å². The number of carbonyl (C=O) groups is 3. The van der Waals surface area contributed by atoms with Crippen LogP contribution in [-0.2, 0) is 14.4 Å². The number of amides is 1. The highest BCUT2D eigenvalue weighted by Crippen LogP contribution is 2.38. The zero-order chi connectivity index (χ0) is 21.8. The number of carbonyl (C=O) groups excluding carboxylic acids is 1. The van der Waals surface area contributed by atoms with Crippen molar-refractivity contribution in [3.8, 4) is 5.75 Å². The van der Waals surface area contributed by atoms with Crippen LogP contribution in [0.1, 0.15) is 24.1 Å². The Morgan fingerprint density at radius 3 is 2.43 bits per heavy atom. The summed E-state index contributed by atoms with van der Waals surface area (Å²) in [7, 11) is 0. The zero-order valence-electron chi connectivity index (χ0n) is 15.7. The molecule has 0 bridgehead atoms. The normalized spacial score (nSPS) is 17.1. The van der Waals surface area contributed by atoms with Crippen molar-refractivity contribution in [2.75, 3.05) is 0 Å². The number of thiocarbonyl (C=S) groups is 1. The van der Waals surface area contributed by atoms with Crippen LogP contribution in [0.15, 0.2) is 59.5 Å². The number of aliphatic carboxylic acids is 2. The van der Waals surface area contributed by atoms with Gasteiger partial charge in [0.05, 0.1) is 4.91 Å². The summed E-state index contributed by atoms with van der Waals surface area (Å²) in [5, 5.41) is 18.7. The van der Waals surface area contributed by atoms with E-state index in [-0.39, 0.29) is 9.23 Å². The molecule has 30 heavy (non-hydrogen) atoms. The molecule has 2 atom stereocenters. The van der Waals surface area contributed by atoms with Crippen molar-refractivity contribution < 1.29 is 29.3 Å². The summed E-state index contributed by atoms with van der Waals surface area (Å²) >= 11 is 6.30. The zero-order valence-corrected chi connectivity index (χ0v) is 17.4. The van der Waals surface area contributed by atoms with Crippen molar-refractivity contribution in [2.45, 2.75) is 19.1 Å². The molecule has 9 heteroatoms. The molecular weight excluding hydrogens is 426 g/mol. The van der Waals surface area contributed by atoms with E-state index < -0.39 is 30.0 Å². The molecular formula is C21H17NO6S2. The molecule has 154 valence electrons. The second-order valence-corrected chi connectivity index (χ2v) is 8.05. The van der Waals surface area contributed by atoms with E-state index in [1.807, 2.05) is 0 Å². The molecule has 0 saturated carbocycles. The van der Waals surface area contributed by atoms with Crippen LogP contribution < -0.4 is 4.74 Å². The number of hydrogen-bond acceptors (Lipinski definition) is 6. The Balaban J connectivity index is 1.88. The van der Waals surface area contributed by atoms with Gasteiger partial charge < -0.3 is 14.9 Å². The molecule has 3 rings (SSSR count). The van der Waals surface area contributed by atoms with Crippen molar-refractivity contribution in [3.63, 3.8) is 0 Å². The smallest absolute Gasteiger partial charge is 0.344 e. The number of carboxylic acid groups (broad SMARTS) is 2. The number of carboxylic acids is 2. The first kappa shape index (κ1) is 21.5. The van der Waals surface area contributed by atoms with Crippen LogP contribution in [-0.4, -0.2) is 43.4 Å². The Bertz CT molecular complexity index is 1040. The van der Waals surface area contributed by atoms with Gasteiger partial charge in [-0.3, -0.25) is 9.69 Å². The first-order valence-corrected chi connectivity index (χ1v) is 10.0. The van der Waals surface area contributed by atoms with Gasteiger partial charge in [-0.2, -0.15) is 0 Å². The number of nitrogens with zero attached hydrogens (tertiary/aromatic N) is 1. The summed E-state index contributed by atoms with van der Waals surface area (Å²) in [6.07, 6.45) is 0.544. The van der Waals surface area contributed by atoms with E-state index in [0.717, 1.165) is 16.7 Å². The van der Waals surface area contributed by atoms with Gasteiger partial charge in [-0.05, 0) is 36.3 Å². The average molecular weight is 444 g/mol.